The summed E-state index contributed by atoms with van der Waals surface area (Å²) < 4.78 is 0. The molecular weight excluding hydrogens is 152 g/mol. The highest BCUT2D eigenvalue weighted by molar-refractivity contribution is 5.82. The lowest BCUT2D eigenvalue weighted by Crippen LogP contribution is -2.32. The quantitative estimate of drug-likeness (QED) is 0.703. The van der Waals surface area contributed by atoms with Gasteiger partial charge in [0.05, 0.1) is 6.10 Å². The highest BCUT2D eigenvalue weighted by Crippen LogP contribution is 2.16. The summed E-state index contributed by atoms with van der Waals surface area (Å²) in [5, 5.41) is 9.59. The van der Waals surface area contributed by atoms with E-state index < -0.39 is 6.10 Å². The fourth-order valence-corrected chi connectivity index (χ4v) is 1.27. The van der Waals surface area contributed by atoms with Gasteiger partial charge in [0, 0.05) is 11.8 Å². The third kappa shape index (κ3) is 2.94. The molecule has 1 N–H and O–H groups in total. The molecule has 0 aromatic carbocycles. The Kier molecular flexibility index (Phi) is 4.46. The first-order chi connectivity index (χ1) is 5.37. The van der Waals surface area contributed by atoms with Crippen molar-refractivity contribution in [2.75, 3.05) is 0 Å². The van der Waals surface area contributed by atoms with Crippen LogP contribution in [0.5, 0.6) is 0 Å². The minimum atomic E-state index is -0.500. The van der Waals surface area contributed by atoms with Crippen molar-refractivity contribution in [2.24, 2.45) is 17.8 Å². The molecule has 2 nitrogen and oxygen atoms in total. The first-order valence-electron chi connectivity index (χ1n) is 4.59. The van der Waals surface area contributed by atoms with Gasteiger partial charge < -0.3 is 5.11 Å². The molecule has 0 spiro atoms. The summed E-state index contributed by atoms with van der Waals surface area (Å²) in [5.74, 6) is 0.0947. The van der Waals surface area contributed by atoms with Crippen LogP contribution in [0.15, 0.2) is 0 Å². The number of carbonyl (C=O) groups is 1. The Morgan fingerprint density at radius 1 is 1.08 bits per heavy atom. The van der Waals surface area contributed by atoms with E-state index in [0.29, 0.717) is 0 Å². The molecule has 72 valence electrons. The maximum atomic E-state index is 11.4. The lowest BCUT2D eigenvalue weighted by Gasteiger charge is -2.22. The Morgan fingerprint density at radius 2 is 1.50 bits per heavy atom. The Hall–Kier alpha value is -0.370. The zero-order valence-electron chi connectivity index (χ0n) is 8.66. The average molecular weight is 172 g/mol. The SMILES string of the molecule is CC(C)C(=O)[C@H](C)[C@@H](O)C(C)C. The van der Waals surface area contributed by atoms with Gasteiger partial charge in [0.1, 0.15) is 5.78 Å². The van der Waals surface area contributed by atoms with Crippen LogP contribution in [0.3, 0.4) is 0 Å². The number of carbonyl (C=O) groups excluding carboxylic acids is 1. The number of rotatable bonds is 4. The van der Waals surface area contributed by atoms with Crippen LogP contribution in [-0.4, -0.2) is 17.0 Å². The van der Waals surface area contributed by atoms with E-state index in [1.165, 1.54) is 0 Å². The van der Waals surface area contributed by atoms with Crippen molar-refractivity contribution in [3.63, 3.8) is 0 Å². The molecule has 0 aliphatic rings. The minimum absolute atomic E-state index is 0.0217. The molecule has 0 aliphatic heterocycles. The fourth-order valence-electron chi connectivity index (χ4n) is 1.27. The van der Waals surface area contributed by atoms with Crippen molar-refractivity contribution >= 4 is 5.78 Å². The summed E-state index contributed by atoms with van der Waals surface area (Å²) >= 11 is 0. The van der Waals surface area contributed by atoms with E-state index >= 15 is 0 Å². The topological polar surface area (TPSA) is 37.3 Å². The molecule has 0 heterocycles. The standard InChI is InChI=1S/C10H20O2/c1-6(2)9(11)8(5)10(12)7(3)4/h6-9,11H,1-5H3/t8-,9+/m1/s1. The highest BCUT2D eigenvalue weighted by Gasteiger charge is 2.25. The molecular formula is C10H20O2. The van der Waals surface area contributed by atoms with Gasteiger partial charge in [-0.05, 0) is 5.92 Å². The van der Waals surface area contributed by atoms with E-state index in [0.717, 1.165) is 0 Å². The van der Waals surface area contributed by atoms with Crippen molar-refractivity contribution in [3.05, 3.63) is 0 Å². The summed E-state index contributed by atoms with van der Waals surface area (Å²) in [6.07, 6.45) is -0.500. The largest absolute Gasteiger partial charge is 0.392 e. The summed E-state index contributed by atoms with van der Waals surface area (Å²) in [6, 6.07) is 0. The van der Waals surface area contributed by atoms with Crippen LogP contribution < -0.4 is 0 Å². The number of aliphatic hydroxyl groups excluding tert-OH is 1. The number of hydrogen-bond acceptors (Lipinski definition) is 2. The molecule has 0 unspecified atom stereocenters. The van der Waals surface area contributed by atoms with Crippen molar-refractivity contribution in [3.8, 4) is 0 Å². The van der Waals surface area contributed by atoms with Crippen molar-refractivity contribution < 1.29 is 9.90 Å². The van der Waals surface area contributed by atoms with Crippen LogP contribution in [0.2, 0.25) is 0 Å². The molecule has 0 saturated heterocycles. The van der Waals surface area contributed by atoms with Crippen molar-refractivity contribution in [1.82, 2.24) is 0 Å². The van der Waals surface area contributed by atoms with E-state index in [4.69, 9.17) is 0 Å². The number of ketones is 1. The van der Waals surface area contributed by atoms with Crippen molar-refractivity contribution in [1.29, 1.82) is 0 Å². The van der Waals surface area contributed by atoms with Gasteiger partial charge in [-0.1, -0.05) is 34.6 Å². The molecule has 0 fully saturated rings. The van der Waals surface area contributed by atoms with Crippen LogP contribution in [0, 0.1) is 17.8 Å². The summed E-state index contributed by atoms with van der Waals surface area (Å²) in [4.78, 5) is 11.4. The summed E-state index contributed by atoms with van der Waals surface area (Å²) in [6.45, 7) is 9.38. The van der Waals surface area contributed by atoms with Gasteiger partial charge in [-0.15, -0.1) is 0 Å². The van der Waals surface area contributed by atoms with Gasteiger partial charge in [0.2, 0.25) is 0 Å². The Balaban J connectivity index is 4.19. The molecule has 0 aromatic heterocycles. The van der Waals surface area contributed by atoms with Crippen LogP contribution in [0.1, 0.15) is 34.6 Å². The molecule has 0 amide bonds. The molecule has 2 atom stereocenters. The molecule has 12 heavy (non-hydrogen) atoms. The zero-order valence-corrected chi connectivity index (χ0v) is 8.66. The summed E-state index contributed by atoms with van der Waals surface area (Å²) in [7, 11) is 0. The second-order valence-electron chi connectivity index (χ2n) is 4.08. The number of aliphatic hydroxyl groups is 1. The monoisotopic (exact) mass is 172 g/mol. The van der Waals surface area contributed by atoms with Gasteiger partial charge in [0.25, 0.3) is 0 Å². The first-order valence-corrected chi connectivity index (χ1v) is 4.59. The Bertz CT molecular complexity index is 150. The van der Waals surface area contributed by atoms with E-state index in [2.05, 4.69) is 0 Å². The fraction of sp³-hybridized carbons (Fsp3) is 0.900. The van der Waals surface area contributed by atoms with Gasteiger partial charge in [-0.25, -0.2) is 0 Å². The van der Waals surface area contributed by atoms with Crippen LogP contribution >= 0.6 is 0 Å². The Labute approximate surface area is 75.0 Å². The lowest BCUT2D eigenvalue weighted by atomic mass is 9.87. The number of Topliss-reactive ketones (excluding diaryl/α,β-unsaturated/α-hetero) is 1. The van der Waals surface area contributed by atoms with Crippen LogP contribution in [-0.2, 0) is 4.79 Å². The second kappa shape index (κ2) is 4.61. The van der Waals surface area contributed by atoms with Gasteiger partial charge in [0.15, 0.2) is 0 Å². The maximum absolute atomic E-state index is 11.4. The third-order valence-electron chi connectivity index (χ3n) is 2.21. The van der Waals surface area contributed by atoms with E-state index in [1.807, 2.05) is 27.7 Å². The predicted octanol–water partition coefficient (Wildman–Crippen LogP) is 1.86. The van der Waals surface area contributed by atoms with E-state index in [-0.39, 0.29) is 23.5 Å². The average Bonchev–Trinajstić information content (AvgIpc) is 2.00. The smallest absolute Gasteiger partial charge is 0.140 e. The molecule has 0 aliphatic carbocycles. The molecule has 0 saturated carbocycles. The highest BCUT2D eigenvalue weighted by atomic mass is 16.3. The molecule has 0 aromatic rings. The van der Waals surface area contributed by atoms with Crippen LogP contribution in [0.25, 0.3) is 0 Å². The van der Waals surface area contributed by atoms with E-state index in [1.54, 1.807) is 6.92 Å². The molecule has 0 bridgehead atoms. The second-order valence-corrected chi connectivity index (χ2v) is 4.08. The maximum Gasteiger partial charge on any atom is 0.140 e. The summed E-state index contributed by atoms with van der Waals surface area (Å²) in [5.41, 5.74) is 0. The lowest BCUT2D eigenvalue weighted by molar-refractivity contribution is -0.129. The van der Waals surface area contributed by atoms with Gasteiger partial charge in [-0.3, -0.25) is 4.79 Å². The number of hydrogen-bond donors (Lipinski definition) is 1. The normalized spacial score (nSPS) is 16.7. The van der Waals surface area contributed by atoms with Gasteiger partial charge >= 0.3 is 0 Å². The molecule has 0 rings (SSSR count). The van der Waals surface area contributed by atoms with Gasteiger partial charge in [-0.2, -0.15) is 0 Å². The molecule has 2 heteroatoms. The molecule has 0 radical (unpaired) electrons. The minimum Gasteiger partial charge on any atom is -0.392 e. The van der Waals surface area contributed by atoms with Crippen LogP contribution in [0.4, 0.5) is 0 Å². The first kappa shape index (κ1) is 11.6. The zero-order chi connectivity index (χ0) is 9.89. The third-order valence-corrected chi connectivity index (χ3v) is 2.21. The Morgan fingerprint density at radius 3 is 1.75 bits per heavy atom. The predicted molar refractivity (Wildman–Crippen MR) is 49.9 cm³/mol. The van der Waals surface area contributed by atoms with Crippen molar-refractivity contribution in [2.45, 2.75) is 40.7 Å². The van der Waals surface area contributed by atoms with E-state index in [9.17, 15) is 9.90 Å².